The SMILES string of the molecule is Nc1cc(F)cc(S(=O)Cc2ccc(I)cc2)c1. The molecule has 0 aliphatic rings. The average Bonchev–Trinajstić information content (AvgIpc) is 2.31. The Morgan fingerprint density at radius 1 is 1.17 bits per heavy atom. The molecule has 18 heavy (non-hydrogen) atoms. The first-order valence-electron chi connectivity index (χ1n) is 5.23. The summed E-state index contributed by atoms with van der Waals surface area (Å²) in [7, 11) is -1.28. The molecule has 2 rings (SSSR count). The van der Waals surface area contributed by atoms with E-state index in [1.807, 2.05) is 24.3 Å². The number of hydrogen-bond acceptors (Lipinski definition) is 2. The molecular weight excluding hydrogens is 364 g/mol. The zero-order chi connectivity index (χ0) is 13.1. The van der Waals surface area contributed by atoms with E-state index in [0.29, 0.717) is 16.3 Å². The average molecular weight is 375 g/mol. The molecule has 0 bridgehead atoms. The molecule has 1 atom stereocenters. The van der Waals surface area contributed by atoms with E-state index in [1.165, 1.54) is 12.1 Å². The molecule has 5 heteroatoms. The summed E-state index contributed by atoms with van der Waals surface area (Å²) in [5.41, 5.74) is 6.78. The van der Waals surface area contributed by atoms with Gasteiger partial charge >= 0.3 is 0 Å². The molecule has 0 heterocycles. The summed E-state index contributed by atoms with van der Waals surface area (Å²) in [5.74, 6) is -0.0965. The number of nitrogens with two attached hydrogens (primary N) is 1. The fraction of sp³-hybridized carbons (Fsp3) is 0.0769. The third-order valence-corrected chi connectivity index (χ3v) is 4.44. The van der Waals surface area contributed by atoms with Gasteiger partial charge in [0.2, 0.25) is 0 Å². The summed E-state index contributed by atoms with van der Waals surface area (Å²) in [6.45, 7) is 0. The Labute approximate surface area is 121 Å². The first-order valence-corrected chi connectivity index (χ1v) is 7.63. The van der Waals surface area contributed by atoms with Crippen LogP contribution in [0.4, 0.5) is 10.1 Å². The molecule has 0 saturated carbocycles. The topological polar surface area (TPSA) is 43.1 Å². The van der Waals surface area contributed by atoms with Crippen molar-refractivity contribution < 1.29 is 8.60 Å². The van der Waals surface area contributed by atoms with Crippen LogP contribution in [0.15, 0.2) is 47.4 Å². The van der Waals surface area contributed by atoms with E-state index in [9.17, 15) is 8.60 Å². The Balaban J connectivity index is 2.19. The Kier molecular flexibility index (Phi) is 4.34. The Bertz CT molecular complexity index is 566. The molecule has 2 N–H and O–H groups in total. The van der Waals surface area contributed by atoms with Crippen molar-refractivity contribution >= 4 is 39.1 Å². The summed E-state index contributed by atoms with van der Waals surface area (Å²) < 4.78 is 26.4. The highest BCUT2D eigenvalue weighted by molar-refractivity contribution is 14.1. The van der Waals surface area contributed by atoms with Gasteiger partial charge in [0.05, 0.1) is 16.6 Å². The van der Waals surface area contributed by atoms with Gasteiger partial charge in [-0.05, 0) is 58.5 Å². The first-order chi connectivity index (χ1) is 8.54. The minimum atomic E-state index is -1.28. The number of anilines is 1. The van der Waals surface area contributed by atoms with E-state index >= 15 is 0 Å². The number of rotatable bonds is 3. The highest BCUT2D eigenvalue weighted by atomic mass is 127. The molecule has 0 aromatic heterocycles. The van der Waals surface area contributed by atoms with Gasteiger partial charge in [0.25, 0.3) is 0 Å². The van der Waals surface area contributed by atoms with Crippen molar-refractivity contribution in [3.05, 3.63) is 57.4 Å². The quantitative estimate of drug-likeness (QED) is 0.661. The van der Waals surface area contributed by atoms with E-state index in [2.05, 4.69) is 22.6 Å². The predicted molar refractivity (Wildman–Crippen MR) is 80.1 cm³/mol. The lowest BCUT2D eigenvalue weighted by Crippen LogP contribution is -1.99. The maximum atomic E-state index is 13.2. The van der Waals surface area contributed by atoms with Gasteiger partial charge in [0, 0.05) is 14.2 Å². The van der Waals surface area contributed by atoms with Crippen molar-refractivity contribution in [3.63, 3.8) is 0 Å². The summed E-state index contributed by atoms with van der Waals surface area (Å²) in [4.78, 5) is 0.422. The highest BCUT2D eigenvalue weighted by Crippen LogP contribution is 2.18. The van der Waals surface area contributed by atoms with Crippen LogP contribution in [0.1, 0.15) is 5.56 Å². The van der Waals surface area contributed by atoms with Crippen molar-refractivity contribution in [2.75, 3.05) is 5.73 Å². The lowest BCUT2D eigenvalue weighted by atomic mass is 10.2. The Morgan fingerprint density at radius 3 is 2.44 bits per heavy atom. The molecule has 0 aliphatic heterocycles. The van der Waals surface area contributed by atoms with Gasteiger partial charge in [-0.25, -0.2) is 4.39 Å². The minimum Gasteiger partial charge on any atom is -0.399 e. The molecule has 0 amide bonds. The van der Waals surface area contributed by atoms with Crippen LogP contribution in [-0.4, -0.2) is 4.21 Å². The van der Waals surface area contributed by atoms with Gasteiger partial charge in [-0.15, -0.1) is 0 Å². The molecule has 0 aliphatic carbocycles. The molecule has 0 spiro atoms. The van der Waals surface area contributed by atoms with Crippen LogP contribution in [-0.2, 0) is 16.6 Å². The van der Waals surface area contributed by atoms with Crippen LogP contribution in [0.25, 0.3) is 0 Å². The summed E-state index contributed by atoms with van der Waals surface area (Å²) >= 11 is 2.21. The monoisotopic (exact) mass is 375 g/mol. The van der Waals surface area contributed by atoms with Crippen molar-refractivity contribution in [2.45, 2.75) is 10.6 Å². The Morgan fingerprint density at radius 2 is 1.83 bits per heavy atom. The third-order valence-electron chi connectivity index (χ3n) is 2.37. The van der Waals surface area contributed by atoms with Crippen molar-refractivity contribution in [3.8, 4) is 0 Å². The highest BCUT2D eigenvalue weighted by Gasteiger charge is 2.07. The molecule has 0 saturated heterocycles. The van der Waals surface area contributed by atoms with E-state index in [0.717, 1.165) is 9.13 Å². The number of nitrogen functional groups attached to an aromatic ring is 1. The minimum absolute atomic E-state index is 0.293. The second kappa shape index (κ2) is 5.79. The molecule has 0 radical (unpaired) electrons. The lowest BCUT2D eigenvalue weighted by molar-refractivity contribution is 0.623. The van der Waals surface area contributed by atoms with E-state index < -0.39 is 16.6 Å². The van der Waals surface area contributed by atoms with Gasteiger partial charge in [0.1, 0.15) is 5.82 Å². The number of halogens is 2. The second-order valence-corrected chi connectivity index (χ2v) is 6.53. The van der Waals surface area contributed by atoms with Crippen LogP contribution in [0.5, 0.6) is 0 Å². The van der Waals surface area contributed by atoms with Gasteiger partial charge in [-0.2, -0.15) is 0 Å². The van der Waals surface area contributed by atoms with Crippen molar-refractivity contribution in [1.82, 2.24) is 0 Å². The molecule has 2 nitrogen and oxygen atoms in total. The molecule has 0 fully saturated rings. The number of benzene rings is 2. The van der Waals surface area contributed by atoms with Gasteiger partial charge in [-0.1, -0.05) is 12.1 Å². The van der Waals surface area contributed by atoms with Crippen LogP contribution < -0.4 is 5.73 Å². The zero-order valence-corrected chi connectivity index (χ0v) is 12.4. The van der Waals surface area contributed by atoms with Crippen LogP contribution in [0.2, 0.25) is 0 Å². The Hall–Kier alpha value is -0.950. The van der Waals surface area contributed by atoms with Crippen molar-refractivity contribution in [1.29, 1.82) is 0 Å². The predicted octanol–water partition coefficient (Wildman–Crippen LogP) is 3.32. The van der Waals surface area contributed by atoms with Crippen LogP contribution in [0.3, 0.4) is 0 Å². The zero-order valence-electron chi connectivity index (χ0n) is 9.40. The molecule has 2 aromatic carbocycles. The van der Waals surface area contributed by atoms with E-state index in [1.54, 1.807) is 6.07 Å². The summed E-state index contributed by atoms with van der Waals surface area (Å²) in [6, 6.07) is 11.8. The normalized spacial score (nSPS) is 12.3. The largest absolute Gasteiger partial charge is 0.399 e. The maximum Gasteiger partial charge on any atom is 0.126 e. The number of hydrogen-bond donors (Lipinski definition) is 1. The van der Waals surface area contributed by atoms with Gasteiger partial charge in [0.15, 0.2) is 0 Å². The first kappa shape index (κ1) is 13.5. The summed E-state index contributed by atoms with van der Waals surface area (Å²) in [6.07, 6.45) is 0. The lowest BCUT2D eigenvalue weighted by Gasteiger charge is -2.04. The van der Waals surface area contributed by atoms with Crippen LogP contribution in [0, 0.1) is 9.39 Å². The van der Waals surface area contributed by atoms with Crippen molar-refractivity contribution in [2.24, 2.45) is 0 Å². The van der Waals surface area contributed by atoms with E-state index in [-0.39, 0.29) is 0 Å². The molecule has 2 aromatic rings. The molecule has 94 valence electrons. The fourth-order valence-electron chi connectivity index (χ4n) is 1.53. The maximum absolute atomic E-state index is 13.2. The third kappa shape index (κ3) is 3.52. The van der Waals surface area contributed by atoms with E-state index in [4.69, 9.17) is 5.73 Å². The van der Waals surface area contributed by atoms with Gasteiger partial charge < -0.3 is 5.73 Å². The molecule has 1 unspecified atom stereocenters. The van der Waals surface area contributed by atoms with Crippen LogP contribution >= 0.6 is 22.6 Å². The fourth-order valence-corrected chi connectivity index (χ4v) is 3.06. The van der Waals surface area contributed by atoms with Gasteiger partial charge in [-0.3, -0.25) is 4.21 Å². The second-order valence-electron chi connectivity index (χ2n) is 3.84. The molecular formula is C13H11FINOS. The standard InChI is InChI=1S/C13H11FINOS/c14-10-5-12(16)7-13(6-10)18(17)8-9-1-3-11(15)4-2-9/h1-7H,8,16H2. The summed E-state index contributed by atoms with van der Waals surface area (Å²) in [5, 5.41) is 0. The smallest absolute Gasteiger partial charge is 0.126 e.